The molecule has 2 aromatic carbocycles. The van der Waals surface area contributed by atoms with E-state index in [1.165, 1.54) is 12.3 Å². The summed E-state index contributed by atoms with van der Waals surface area (Å²) in [7, 11) is 0. The number of nitrogens with one attached hydrogen (secondary N) is 1. The zero-order chi connectivity index (χ0) is 19.2. The lowest BCUT2D eigenvalue weighted by molar-refractivity contribution is 0.0988. The van der Waals surface area contributed by atoms with Gasteiger partial charge in [0.05, 0.1) is 0 Å². The van der Waals surface area contributed by atoms with E-state index < -0.39 is 0 Å². The maximum Gasteiger partial charge on any atom is 0.274 e. The maximum atomic E-state index is 13.0. The Balaban J connectivity index is 1.83. The van der Waals surface area contributed by atoms with Gasteiger partial charge in [-0.05, 0) is 55.8 Å². The minimum Gasteiger partial charge on any atom is -0.321 e. The van der Waals surface area contributed by atoms with Gasteiger partial charge in [0.15, 0.2) is 0 Å². The van der Waals surface area contributed by atoms with Crippen molar-refractivity contribution in [2.24, 2.45) is 0 Å². The predicted molar refractivity (Wildman–Crippen MR) is 107 cm³/mol. The van der Waals surface area contributed by atoms with Gasteiger partial charge < -0.3 is 10.2 Å². The van der Waals surface area contributed by atoms with Gasteiger partial charge in [-0.1, -0.05) is 30.3 Å². The lowest BCUT2D eigenvalue weighted by Gasteiger charge is -2.21. The molecular weight excluding hydrogens is 338 g/mol. The summed E-state index contributed by atoms with van der Waals surface area (Å²) in [6.07, 6.45) is 1.48. The van der Waals surface area contributed by atoms with Gasteiger partial charge in [-0.3, -0.25) is 14.6 Å². The van der Waals surface area contributed by atoms with Crippen LogP contribution in [0.1, 0.15) is 33.3 Å². The second kappa shape index (κ2) is 8.27. The molecule has 0 aliphatic heterocycles. The molecule has 0 saturated heterocycles. The van der Waals surface area contributed by atoms with E-state index >= 15 is 0 Å². The molecule has 27 heavy (non-hydrogen) atoms. The summed E-state index contributed by atoms with van der Waals surface area (Å²) >= 11 is 0. The summed E-state index contributed by atoms with van der Waals surface area (Å²) < 4.78 is 0. The second-order valence-corrected chi connectivity index (χ2v) is 6.14. The summed E-state index contributed by atoms with van der Waals surface area (Å²) in [4.78, 5) is 31.2. The molecule has 0 radical (unpaired) electrons. The highest BCUT2D eigenvalue weighted by molar-refractivity contribution is 6.08. The van der Waals surface area contributed by atoms with Crippen LogP contribution in [0, 0.1) is 6.92 Å². The largest absolute Gasteiger partial charge is 0.321 e. The SMILES string of the molecule is CCN(C(=O)c1ccnc(C(=O)Nc2ccccc2)c1)c1cccc(C)c1. The first-order valence-corrected chi connectivity index (χ1v) is 8.79. The summed E-state index contributed by atoms with van der Waals surface area (Å²) in [6, 6.07) is 20.1. The van der Waals surface area contributed by atoms with Crippen LogP contribution in [-0.2, 0) is 0 Å². The van der Waals surface area contributed by atoms with Crippen molar-refractivity contribution < 1.29 is 9.59 Å². The van der Waals surface area contributed by atoms with Crippen LogP contribution in [-0.4, -0.2) is 23.3 Å². The number of para-hydroxylation sites is 1. The highest BCUT2D eigenvalue weighted by atomic mass is 16.2. The van der Waals surface area contributed by atoms with Gasteiger partial charge in [-0.15, -0.1) is 0 Å². The Morgan fingerprint density at radius 2 is 1.78 bits per heavy atom. The van der Waals surface area contributed by atoms with Crippen molar-refractivity contribution in [3.05, 3.63) is 89.7 Å². The van der Waals surface area contributed by atoms with Gasteiger partial charge in [0.1, 0.15) is 5.69 Å². The maximum absolute atomic E-state index is 13.0. The molecule has 0 aliphatic carbocycles. The highest BCUT2D eigenvalue weighted by Gasteiger charge is 2.18. The monoisotopic (exact) mass is 359 g/mol. The molecule has 0 fully saturated rings. The summed E-state index contributed by atoms with van der Waals surface area (Å²) in [5.41, 5.74) is 3.21. The molecule has 1 N–H and O–H groups in total. The normalized spacial score (nSPS) is 10.3. The highest BCUT2D eigenvalue weighted by Crippen LogP contribution is 2.19. The second-order valence-electron chi connectivity index (χ2n) is 6.14. The zero-order valence-electron chi connectivity index (χ0n) is 15.3. The average molecular weight is 359 g/mol. The number of carbonyl (C=O) groups is 2. The third kappa shape index (κ3) is 4.39. The quantitative estimate of drug-likeness (QED) is 0.738. The van der Waals surface area contributed by atoms with Gasteiger partial charge in [0, 0.05) is 29.7 Å². The smallest absolute Gasteiger partial charge is 0.274 e. The van der Waals surface area contributed by atoms with Crippen molar-refractivity contribution in [3.8, 4) is 0 Å². The number of rotatable bonds is 5. The Kier molecular flexibility index (Phi) is 5.61. The van der Waals surface area contributed by atoms with Gasteiger partial charge >= 0.3 is 0 Å². The van der Waals surface area contributed by atoms with E-state index in [0.29, 0.717) is 17.8 Å². The van der Waals surface area contributed by atoms with Crippen molar-refractivity contribution in [2.75, 3.05) is 16.8 Å². The Labute approximate surface area is 158 Å². The number of aromatic nitrogens is 1. The molecular formula is C22H21N3O2. The Morgan fingerprint density at radius 1 is 1.00 bits per heavy atom. The Morgan fingerprint density at radius 3 is 2.48 bits per heavy atom. The van der Waals surface area contributed by atoms with Crippen molar-refractivity contribution in [3.63, 3.8) is 0 Å². The van der Waals surface area contributed by atoms with Crippen LogP contribution in [0.4, 0.5) is 11.4 Å². The van der Waals surface area contributed by atoms with Crippen molar-refractivity contribution in [1.29, 1.82) is 0 Å². The lowest BCUT2D eigenvalue weighted by Crippen LogP contribution is -2.31. The van der Waals surface area contributed by atoms with E-state index in [2.05, 4.69) is 10.3 Å². The van der Waals surface area contributed by atoms with E-state index in [0.717, 1.165) is 11.3 Å². The van der Waals surface area contributed by atoms with Crippen LogP contribution in [0.2, 0.25) is 0 Å². The van der Waals surface area contributed by atoms with Gasteiger partial charge in [-0.2, -0.15) is 0 Å². The van der Waals surface area contributed by atoms with Crippen molar-refractivity contribution in [1.82, 2.24) is 4.98 Å². The third-order valence-corrected chi connectivity index (χ3v) is 4.15. The van der Waals surface area contributed by atoms with Crippen LogP contribution in [0.15, 0.2) is 72.9 Å². The van der Waals surface area contributed by atoms with Crippen LogP contribution in [0.25, 0.3) is 0 Å². The first kappa shape index (κ1) is 18.3. The molecule has 2 amide bonds. The van der Waals surface area contributed by atoms with Gasteiger partial charge in [-0.25, -0.2) is 0 Å². The van der Waals surface area contributed by atoms with Crippen LogP contribution in [0.3, 0.4) is 0 Å². The molecule has 5 heteroatoms. The molecule has 3 aromatic rings. The molecule has 0 unspecified atom stereocenters. The summed E-state index contributed by atoms with van der Waals surface area (Å²) in [5.74, 6) is -0.520. The number of hydrogen-bond acceptors (Lipinski definition) is 3. The van der Waals surface area contributed by atoms with E-state index in [9.17, 15) is 9.59 Å². The molecule has 0 atom stereocenters. The van der Waals surface area contributed by atoms with E-state index in [1.54, 1.807) is 23.1 Å². The van der Waals surface area contributed by atoms with E-state index in [1.807, 2.05) is 56.3 Å². The minimum atomic E-state index is -0.352. The molecule has 1 heterocycles. The topological polar surface area (TPSA) is 62.3 Å². The van der Waals surface area contributed by atoms with E-state index in [-0.39, 0.29) is 17.5 Å². The first-order chi connectivity index (χ1) is 13.1. The molecule has 3 rings (SSSR count). The fraction of sp³-hybridized carbons (Fsp3) is 0.136. The number of hydrogen-bond donors (Lipinski definition) is 1. The van der Waals surface area contributed by atoms with Gasteiger partial charge in [0.25, 0.3) is 11.8 Å². The van der Waals surface area contributed by atoms with Gasteiger partial charge in [0.2, 0.25) is 0 Å². The standard InChI is InChI=1S/C22H21N3O2/c1-3-25(19-11-7-8-16(2)14-19)22(27)17-12-13-23-20(15-17)21(26)24-18-9-5-4-6-10-18/h4-15H,3H2,1-2H3,(H,24,26). The molecule has 0 bridgehead atoms. The van der Waals surface area contributed by atoms with E-state index in [4.69, 9.17) is 0 Å². The molecule has 0 aliphatic rings. The summed E-state index contributed by atoms with van der Waals surface area (Å²) in [6.45, 7) is 4.43. The number of benzene rings is 2. The molecule has 1 aromatic heterocycles. The third-order valence-electron chi connectivity index (χ3n) is 4.15. The Bertz CT molecular complexity index is 955. The fourth-order valence-electron chi connectivity index (χ4n) is 2.80. The van der Waals surface area contributed by atoms with Crippen LogP contribution >= 0.6 is 0 Å². The average Bonchev–Trinajstić information content (AvgIpc) is 2.69. The number of anilines is 2. The number of aryl methyl sites for hydroxylation is 1. The molecule has 136 valence electrons. The number of nitrogens with zero attached hydrogens (tertiary/aromatic N) is 2. The van der Waals surface area contributed by atoms with Crippen molar-refractivity contribution >= 4 is 23.2 Å². The lowest BCUT2D eigenvalue weighted by atomic mass is 10.1. The number of amides is 2. The van der Waals surface area contributed by atoms with Crippen LogP contribution in [0.5, 0.6) is 0 Å². The number of pyridine rings is 1. The molecule has 0 saturated carbocycles. The number of carbonyl (C=O) groups excluding carboxylic acids is 2. The summed E-state index contributed by atoms with van der Waals surface area (Å²) in [5, 5.41) is 2.78. The predicted octanol–water partition coefficient (Wildman–Crippen LogP) is 4.31. The zero-order valence-corrected chi connectivity index (χ0v) is 15.3. The fourth-order valence-corrected chi connectivity index (χ4v) is 2.80. The molecule has 0 spiro atoms. The van der Waals surface area contributed by atoms with Crippen LogP contribution < -0.4 is 10.2 Å². The molecule has 5 nitrogen and oxygen atoms in total. The first-order valence-electron chi connectivity index (χ1n) is 8.79. The minimum absolute atomic E-state index is 0.167. The Hall–Kier alpha value is -3.47. The van der Waals surface area contributed by atoms with Crippen molar-refractivity contribution in [2.45, 2.75) is 13.8 Å².